The van der Waals surface area contributed by atoms with Crippen molar-refractivity contribution in [3.63, 3.8) is 0 Å². The predicted molar refractivity (Wildman–Crippen MR) is 43.8 cm³/mol. The first-order valence-corrected chi connectivity index (χ1v) is 4.12. The molecule has 0 amide bonds. The first-order chi connectivity index (χ1) is 5.77. The van der Waals surface area contributed by atoms with E-state index in [1.165, 1.54) is 7.11 Å². The molecule has 1 heterocycles. The van der Waals surface area contributed by atoms with Crippen molar-refractivity contribution >= 4 is 5.97 Å². The molecule has 0 aromatic carbocycles. The van der Waals surface area contributed by atoms with Crippen molar-refractivity contribution in [2.24, 2.45) is 0 Å². The van der Waals surface area contributed by atoms with Crippen LogP contribution in [0.15, 0.2) is 0 Å². The second-order valence-corrected chi connectivity index (χ2v) is 2.91. The number of esters is 1. The summed E-state index contributed by atoms with van der Waals surface area (Å²) in [5, 5.41) is 3.08. The molecular weight excluding hydrogens is 158 g/mol. The molecule has 1 saturated heterocycles. The van der Waals surface area contributed by atoms with Crippen molar-refractivity contribution in [1.82, 2.24) is 5.32 Å². The van der Waals surface area contributed by atoms with E-state index in [9.17, 15) is 4.79 Å². The van der Waals surface area contributed by atoms with Gasteiger partial charge >= 0.3 is 5.97 Å². The summed E-state index contributed by atoms with van der Waals surface area (Å²) in [6.07, 6.45) is 1.86. The summed E-state index contributed by atoms with van der Waals surface area (Å²) >= 11 is 0. The number of hydrogen-bond donors (Lipinski definition) is 1. The van der Waals surface area contributed by atoms with Crippen LogP contribution in [0, 0.1) is 0 Å². The fraction of sp³-hybridized carbons (Fsp3) is 0.875. The van der Waals surface area contributed by atoms with E-state index in [-0.39, 0.29) is 18.1 Å². The molecule has 1 N–H and O–H groups in total. The summed E-state index contributed by atoms with van der Waals surface area (Å²) in [4.78, 5) is 11.1. The zero-order valence-electron chi connectivity index (χ0n) is 7.50. The van der Waals surface area contributed by atoms with Crippen molar-refractivity contribution in [3.8, 4) is 0 Å². The highest BCUT2D eigenvalue weighted by Gasteiger charge is 2.26. The van der Waals surface area contributed by atoms with E-state index in [0.717, 1.165) is 13.0 Å². The minimum absolute atomic E-state index is 0.186. The summed E-state index contributed by atoms with van der Waals surface area (Å²) < 4.78 is 9.79. The Labute approximate surface area is 72.2 Å². The third kappa shape index (κ3) is 2.19. The molecule has 0 aromatic heterocycles. The van der Waals surface area contributed by atoms with Crippen molar-refractivity contribution < 1.29 is 14.3 Å². The number of nitrogens with one attached hydrogen (secondary N) is 1. The van der Waals surface area contributed by atoms with Gasteiger partial charge in [0.2, 0.25) is 0 Å². The molecular formula is C8H15NO3. The van der Waals surface area contributed by atoms with Gasteiger partial charge in [0.05, 0.1) is 13.2 Å². The van der Waals surface area contributed by atoms with Gasteiger partial charge in [-0.05, 0) is 19.4 Å². The van der Waals surface area contributed by atoms with Crippen LogP contribution in [0.2, 0.25) is 0 Å². The predicted octanol–water partition coefficient (Wildman–Crippen LogP) is -0.0736. The second-order valence-electron chi connectivity index (χ2n) is 2.91. The Balaban J connectivity index is 2.40. The first-order valence-electron chi connectivity index (χ1n) is 4.12. The van der Waals surface area contributed by atoms with Gasteiger partial charge in [-0.3, -0.25) is 4.79 Å². The number of ether oxygens (including phenoxy) is 2. The smallest absolute Gasteiger partial charge is 0.322 e. The lowest BCUT2D eigenvalue weighted by molar-refractivity contribution is -0.145. The summed E-state index contributed by atoms with van der Waals surface area (Å²) in [6.45, 7) is 0.818. The van der Waals surface area contributed by atoms with Crippen molar-refractivity contribution in [3.05, 3.63) is 0 Å². The molecule has 2 atom stereocenters. The van der Waals surface area contributed by atoms with E-state index >= 15 is 0 Å². The second kappa shape index (κ2) is 4.42. The van der Waals surface area contributed by atoms with E-state index in [2.05, 4.69) is 10.1 Å². The lowest BCUT2D eigenvalue weighted by Crippen LogP contribution is -2.46. The molecule has 1 rings (SSSR count). The van der Waals surface area contributed by atoms with E-state index < -0.39 is 0 Å². The van der Waals surface area contributed by atoms with E-state index in [4.69, 9.17) is 4.74 Å². The minimum atomic E-state index is -0.197. The number of hydrogen-bond acceptors (Lipinski definition) is 4. The van der Waals surface area contributed by atoms with Crippen LogP contribution in [-0.2, 0) is 14.3 Å². The maximum absolute atomic E-state index is 11.1. The quantitative estimate of drug-likeness (QED) is 0.594. The SMILES string of the molecule is COC(=O)[C@@H]1C[C@@H](OC)CCN1. The zero-order chi connectivity index (χ0) is 8.97. The molecule has 0 bridgehead atoms. The Morgan fingerprint density at radius 2 is 2.25 bits per heavy atom. The molecule has 0 unspecified atom stereocenters. The number of carbonyl (C=O) groups is 1. The molecule has 0 spiro atoms. The van der Waals surface area contributed by atoms with Crippen molar-refractivity contribution in [1.29, 1.82) is 0 Å². The lowest BCUT2D eigenvalue weighted by Gasteiger charge is -2.27. The number of carbonyl (C=O) groups excluding carboxylic acids is 1. The lowest BCUT2D eigenvalue weighted by atomic mass is 10.0. The summed E-state index contributed by atoms with van der Waals surface area (Å²) in [7, 11) is 3.07. The molecule has 4 nitrogen and oxygen atoms in total. The Morgan fingerprint density at radius 3 is 2.83 bits per heavy atom. The maximum atomic E-state index is 11.1. The van der Waals surface area contributed by atoms with E-state index in [0.29, 0.717) is 6.42 Å². The Kier molecular flexibility index (Phi) is 3.49. The molecule has 0 radical (unpaired) electrons. The Morgan fingerprint density at radius 1 is 1.50 bits per heavy atom. The van der Waals surface area contributed by atoms with Crippen LogP contribution in [0.1, 0.15) is 12.8 Å². The number of methoxy groups -OCH3 is 2. The summed E-state index contributed by atoms with van der Waals surface area (Å²) in [5.74, 6) is -0.197. The average molecular weight is 173 g/mol. The Hall–Kier alpha value is -0.610. The van der Waals surface area contributed by atoms with Crippen molar-refractivity contribution in [2.45, 2.75) is 25.0 Å². The van der Waals surface area contributed by atoms with Crippen LogP contribution in [0.3, 0.4) is 0 Å². The van der Waals surface area contributed by atoms with Crippen LogP contribution >= 0.6 is 0 Å². The minimum Gasteiger partial charge on any atom is -0.468 e. The molecule has 0 aliphatic carbocycles. The molecule has 1 fully saturated rings. The largest absolute Gasteiger partial charge is 0.468 e. The zero-order valence-corrected chi connectivity index (χ0v) is 7.50. The van der Waals surface area contributed by atoms with Crippen LogP contribution in [0.5, 0.6) is 0 Å². The van der Waals surface area contributed by atoms with Crippen LogP contribution in [-0.4, -0.2) is 38.9 Å². The first kappa shape index (κ1) is 9.48. The van der Waals surface area contributed by atoms with Gasteiger partial charge < -0.3 is 14.8 Å². The molecule has 4 heteroatoms. The molecule has 1 aliphatic rings. The summed E-state index contributed by atoms with van der Waals surface area (Å²) in [5.41, 5.74) is 0. The fourth-order valence-corrected chi connectivity index (χ4v) is 1.42. The van der Waals surface area contributed by atoms with Crippen molar-refractivity contribution in [2.75, 3.05) is 20.8 Å². The monoisotopic (exact) mass is 173 g/mol. The van der Waals surface area contributed by atoms with Gasteiger partial charge in [0.15, 0.2) is 0 Å². The van der Waals surface area contributed by atoms with Crippen LogP contribution in [0.4, 0.5) is 0 Å². The number of piperidine rings is 1. The van der Waals surface area contributed by atoms with Gasteiger partial charge in [-0.2, -0.15) is 0 Å². The number of rotatable bonds is 2. The summed E-state index contributed by atoms with van der Waals surface area (Å²) in [6, 6.07) is -0.186. The van der Waals surface area contributed by atoms with Gasteiger partial charge in [-0.25, -0.2) is 0 Å². The highest BCUT2D eigenvalue weighted by Crippen LogP contribution is 2.12. The maximum Gasteiger partial charge on any atom is 0.322 e. The molecule has 12 heavy (non-hydrogen) atoms. The van der Waals surface area contributed by atoms with Crippen LogP contribution < -0.4 is 5.32 Å². The molecule has 70 valence electrons. The third-order valence-electron chi connectivity index (χ3n) is 2.17. The standard InChI is InChI=1S/C8H15NO3/c1-11-6-3-4-9-7(5-6)8(10)12-2/h6-7,9H,3-5H2,1-2H3/t6-,7-/m0/s1. The van der Waals surface area contributed by atoms with E-state index in [1.807, 2.05) is 0 Å². The normalized spacial score (nSPS) is 29.8. The molecule has 0 aromatic rings. The van der Waals surface area contributed by atoms with Gasteiger partial charge in [-0.15, -0.1) is 0 Å². The average Bonchev–Trinajstić information content (AvgIpc) is 2.17. The van der Waals surface area contributed by atoms with Gasteiger partial charge in [0.25, 0.3) is 0 Å². The van der Waals surface area contributed by atoms with Gasteiger partial charge in [0.1, 0.15) is 6.04 Å². The molecule has 1 aliphatic heterocycles. The van der Waals surface area contributed by atoms with Crippen LogP contribution in [0.25, 0.3) is 0 Å². The van der Waals surface area contributed by atoms with Gasteiger partial charge in [0, 0.05) is 7.11 Å². The topological polar surface area (TPSA) is 47.6 Å². The Bertz CT molecular complexity index is 160. The fourth-order valence-electron chi connectivity index (χ4n) is 1.42. The molecule has 0 saturated carbocycles. The third-order valence-corrected chi connectivity index (χ3v) is 2.17. The highest BCUT2D eigenvalue weighted by molar-refractivity contribution is 5.75. The van der Waals surface area contributed by atoms with E-state index in [1.54, 1.807) is 7.11 Å². The highest BCUT2D eigenvalue weighted by atomic mass is 16.5. The van der Waals surface area contributed by atoms with Gasteiger partial charge in [-0.1, -0.05) is 0 Å².